The topological polar surface area (TPSA) is 132 Å². The lowest BCUT2D eigenvalue weighted by molar-refractivity contribution is -0.124. The number of hydrogen-bond acceptors (Lipinski definition) is 6. The molecular weight excluding hydrogens is 534 g/mol. The van der Waals surface area contributed by atoms with Crippen LogP contribution in [0.25, 0.3) is 0 Å². The van der Waals surface area contributed by atoms with Crippen molar-refractivity contribution < 1.29 is 24.6 Å². The van der Waals surface area contributed by atoms with Gasteiger partial charge in [-0.2, -0.15) is 5.26 Å². The Labute approximate surface area is 195 Å². The molecule has 0 aromatic heterocycles. The Kier molecular flexibility index (Phi) is 8.21. The van der Waals surface area contributed by atoms with E-state index in [1.807, 2.05) is 6.07 Å². The molecule has 162 valence electrons. The standard InChI is InChI=1S/C21H19Br2N3O5/c1-21(2,8-7-17(27)26-30)19(15-9-13(22)10-16(23)18(15)28)31-20(29)25-14-5-3-12(11-24)4-6-14/h3-10,19,28,30H,1-2H3,(H,25,29)(H,26,27)/b8-7+/t19-/m1/s1. The van der Waals surface area contributed by atoms with Crippen LogP contribution >= 0.6 is 31.9 Å². The minimum Gasteiger partial charge on any atom is -0.506 e. The van der Waals surface area contributed by atoms with Crippen molar-refractivity contribution in [1.29, 1.82) is 5.26 Å². The summed E-state index contributed by atoms with van der Waals surface area (Å²) in [5.74, 6) is -0.888. The van der Waals surface area contributed by atoms with Gasteiger partial charge >= 0.3 is 6.09 Å². The summed E-state index contributed by atoms with van der Waals surface area (Å²) in [6, 6.07) is 11.4. The third kappa shape index (κ3) is 6.55. The summed E-state index contributed by atoms with van der Waals surface area (Å²) in [5.41, 5.74) is 1.65. The highest BCUT2D eigenvalue weighted by molar-refractivity contribution is 9.11. The Hall–Kier alpha value is -2.87. The van der Waals surface area contributed by atoms with Crippen molar-refractivity contribution in [2.45, 2.75) is 20.0 Å². The molecule has 2 aromatic carbocycles. The molecule has 0 aliphatic heterocycles. The van der Waals surface area contributed by atoms with Crippen LogP contribution in [0, 0.1) is 16.7 Å². The number of nitrogens with one attached hydrogen (secondary N) is 2. The van der Waals surface area contributed by atoms with Crippen LogP contribution in [0.5, 0.6) is 5.75 Å². The highest BCUT2D eigenvalue weighted by Gasteiger charge is 2.35. The molecule has 2 aromatic rings. The predicted octanol–water partition coefficient (Wildman–Crippen LogP) is 5.17. The number of rotatable bonds is 6. The van der Waals surface area contributed by atoms with Crippen LogP contribution in [0.1, 0.15) is 31.1 Å². The van der Waals surface area contributed by atoms with Crippen LogP contribution in [-0.4, -0.2) is 22.3 Å². The van der Waals surface area contributed by atoms with E-state index < -0.39 is 23.5 Å². The first-order valence-electron chi connectivity index (χ1n) is 8.86. The molecule has 0 bridgehead atoms. The van der Waals surface area contributed by atoms with Crippen molar-refractivity contribution >= 4 is 49.5 Å². The van der Waals surface area contributed by atoms with E-state index in [-0.39, 0.29) is 11.3 Å². The summed E-state index contributed by atoms with van der Waals surface area (Å²) in [7, 11) is 0. The lowest BCUT2D eigenvalue weighted by atomic mass is 9.81. The monoisotopic (exact) mass is 551 g/mol. The number of carbonyl (C=O) groups is 2. The minimum absolute atomic E-state index is 0.132. The van der Waals surface area contributed by atoms with Crippen LogP contribution in [0.3, 0.4) is 0 Å². The van der Waals surface area contributed by atoms with Gasteiger partial charge in [0.2, 0.25) is 0 Å². The Morgan fingerprint density at radius 1 is 1.23 bits per heavy atom. The number of carbonyl (C=O) groups excluding carboxylic acids is 2. The smallest absolute Gasteiger partial charge is 0.412 e. The molecule has 0 fully saturated rings. The van der Waals surface area contributed by atoms with Crippen LogP contribution in [0.15, 0.2) is 57.5 Å². The number of benzene rings is 2. The molecule has 0 aliphatic carbocycles. The van der Waals surface area contributed by atoms with E-state index in [0.717, 1.165) is 6.08 Å². The molecule has 0 aliphatic rings. The molecule has 8 nitrogen and oxygen atoms in total. The van der Waals surface area contributed by atoms with Gasteiger partial charge in [0.05, 0.1) is 16.1 Å². The summed E-state index contributed by atoms with van der Waals surface area (Å²) in [5, 5.41) is 30.8. The molecule has 31 heavy (non-hydrogen) atoms. The first kappa shape index (κ1) is 24.4. The van der Waals surface area contributed by atoms with Crippen molar-refractivity contribution in [3.63, 3.8) is 0 Å². The van der Waals surface area contributed by atoms with Crippen LogP contribution in [0.2, 0.25) is 0 Å². The van der Waals surface area contributed by atoms with Crippen molar-refractivity contribution in [3.8, 4) is 11.8 Å². The molecular formula is C21H19Br2N3O5. The Morgan fingerprint density at radius 2 is 1.87 bits per heavy atom. The molecule has 10 heteroatoms. The SMILES string of the molecule is CC(C)(/C=C/C(=O)NO)[C@H](OC(=O)Nc1ccc(C#N)cc1)c1cc(Br)cc(Br)c1O. The van der Waals surface area contributed by atoms with E-state index in [2.05, 4.69) is 37.2 Å². The second kappa shape index (κ2) is 10.4. The molecule has 0 heterocycles. The van der Waals surface area contributed by atoms with E-state index >= 15 is 0 Å². The van der Waals surface area contributed by atoms with E-state index in [1.165, 1.54) is 11.6 Å². The fraction of sp³-hybridized carbons (Fsp3) is 0.190. The number of amides is 2. The fourth-order valence-corrected chi connectivity index (χ4v) is 3.96. The summed E-state index contributed by atoms with van der Waals surface area (Å²) in [4.78, 5) is 24.1. The lowest BCUT2D eigenvalue weighted by Gasteiger charge is -2.32. The zero-order chi connectivity index (χ0) is 23.2. The van der Waals surface area contributed by atoms with Gasteiger partial charge in [0.15, 0.2) is 0 Å². The maximum Gasteiger partial charge on any atom is 0.412 e. The highest BCUT2D eigenvalue weighted by Crippen LogP contribution is 2.45. The number of hydrogen-bond donors (Lipinski definition) is 4. The number of nitriles is 1. The number of phenolic OH excluding ortho intramolecular Hbond substituents is 1. The molecule has 2 rings (SSSR count). The zero-order valence-electron chi connectivity index (χ0n) is 16.5. The molecule has 0 saturated heterocycles. The average Bonchev–Trinajstić information content (AvgIpc) is 2.73. The van der Waals surface area contributed by atoms with E-state index in [9.17, 15) is 14.7 Å². The number of aromatic hydroxyl groups is 1. The average molecular weight is 553 g/mol. The van der Waals surface area contributed by atoms with Gasteiger partial charge in [-0.25, -0.2) is 10.3 Å². The molecule has 1 atom stereocenters. The first-order chi connectivity index (χ1) is 14.6. The number of ether oxygens (including phenoxy) is 1. The second-order valence-electron chi connectivity index (χ2n) is 7.06. The number of phenols is 1. The van der Waals surface area contributed by atoms with Crippen molar-refractivity contribution in [2.75, 3.05) is 5.32 Å². The van der Waals surface area contributed by atoms with Gasteiger partial charge in [0.25, 0.3) is 5.91 Å². The van der Waals surface area contributed by atoms with E-state index in [0.29, 0.717) is 20.2 Å². The van der Waals surface area contributed by atoms with Gasteiger partial charge < -0.3 is 9.84 Å². The normalized spacial score (nSPS) is 12.1. The quantitative estimate of drug-likeness (QED) is 0.222. The van der Waals surface area contributed by atoms with Gasteiger partial charge in [-0.1, -0.05) is 35.9 Å². The van der Waals surface area contributed by atoms with E-state index in [1.54, 1.807) is 50.2 Å². The third-order valence-electron chi connectivity index (χ3n) is 4.28. The molecule has 0 unspecified atom stereocenters. The van der Waals surface area contributed by atoms with Gasteiger partial charge in [0.1, 0.15) is 11.9 Å². The summed E-state index contributed by atoms with van der Waals surface area (Å²) in [6.45, 7) is 3.39. The molecule has 0 radical (unpaired) electrons. The van der Waals surface area contributed by atoms with E-state index in [4.69, 9.17) is 15.2 Å². The first-order valence-corrected chi connectivity index (χ1v) is 10.4. The minimum atomic E-state index is -1.03. The zero-order valence-corrected chi connectivity index (χ0v) is 19.7. The second-order valence-corrected chi connectivity index (χ2v) is 8.83. The summed E-state index contributed by atoms with van der Waals surface area (Å²) < 4.78 is 6.66. The number of nitrogens with zero attached hydrogens (tertiary/aromatic N) is 1. The van der Waals surface area contributed by atoms with Gasteiger partial charge in [-0.15, -0.1) is 0 Å². The molecule has 0 spiro atoms. The van der Waals surface area contributed by atoms with Gasteiger partial charge in [0, 0.05) is 27.2 Å². The maximum absolute atomic E-state index is 12.6. The largest absolute Gasteiger partial charge is 0.506 e. The van der Waals surface area contributed by atoms with Gasteiger partial charge in [-0.3, -0.25) is 15.3 Å². The van der Waals surface area contributed by atoms with Crippen LogP contribution in [0.4, 0.5) is 10.5 Å². The predicted molar refractivity (Wildman–Crippen MR) is 120 cm³/mol. The fourth-order valence-electron chi connectivity index (χ4n) is 2.70. The molecule has 0 saturated carbocycles. The third-order valence-corrected chi connectivity index (χ3v) is 5.34. The van der Waals surface area contributed by atoms with Crippen molar-refractivity contribution in [2.24, 2.45) is 5.41 Å². The van der Waals surface area contributed by atoms with Crippen LogP contribution < -0.4 is 10.8 Å². The van der Waals surface area contributed by atoms with Crippen LogP contribution in [-0.2, 0) is 9.53 Å². The number of hydroxylamine groups is 1. The Bertz CT molecular complexity index is 1050. The van der Waals surface area contributed by atoms with Crippen molar-refractivity contribution in [1.82, 2.24) is 5.48 Å². The summed E-state index contributed by atoms with van der Waals surface area (Å²) >= 11 is 6.61. The Morgan fingerprint density at radius 3 is 2.45 bits per heavy atom. The summed E-state index contributed by atoms with van der Waals surface area (Å²) in [6.07, 6.45) is 0.714. The molecule has 2 amide bonds. The lowest BCUT2D eigenvalue weighted by Crippen LogP contribution is -2.28. The maximum atomic E-state index is 12.6. The van der Waals surface area contributed by atoms with Crippen molar-refractivity contribution in [3.05, 3.63) is 68.6 Å². The molecule has 4 N–H and O–H groups in total. The highest BCUT2D eigenvalue weighted by atomic mass is 79.9. The van der Waals surface area contributed by atoms with Gasteiger partial charge in [-0.05, 0) is 52.3 Å². The number of anilines is 1. The Balaban J connectivity index is 2.39. The number of halogens is 2.